The highest BCUT2D eigenvalue weighted by molar-refractivity contribution is 6.42. The van der Waals surface area contributed by atoms with Crippen molar-refractivity contribution in [2.45, 2.75) is 38.1 Å². The SMILES string of the molecule is CN(C[C@@H]1CC(=O)N(C2CCCC2)C1)C(=O)c1ccc(Cl)c(Cl)c1. The van der Waals surface area contributed by atoms with Crippen molar-refractivity contribution in [1.82, 2.24) is 9.80 Å². The minimum atomic E-state index is -0.0969. The van der Waals surface area contributed by atoms with Gasteiger partial charge in [0, 0.05) is 44.1 Å². The predicted octanol–water partition coefficient (Wildman–Crippen LogP) is 3.86. The summed E-state index contributed by atoms with van der Waals surface area (Å²) < 4.78 is 0. The summed E-state index contributed by atoms with van der Waals surface area (Å²) in [6.45, 7) is 1.34. The first-order valence-electron chi connectivity index (χ1n) is 8.45. The molecule has 130 valence electrons. The Balaban J connectivity index is 1.60. The number of hydrogen-bond donors (Lipinski definition) is 0. The molecule has 1 heterocycles. The van der Waals surface area contributed by atoms with Gasteiger partial charge in [0.25, 0.3) is 5.91 Å². The van der Waals surface area contributed by atoms with E-state index in [1.165, 1.54) is 12.8 Å². The normalized spacial score (nSPS) is 21.5. The van der Waals surface area contributed by atoms with Gasteiger partial charge in [-0.3, -0.25) is 9.59 Å². The maximum atomic E-state index is 12.5. The Morgan fingerprint density at radius 1 is 1.25 bits per heavy atom. The third-order valence-corrected chi connectivity index (χ3v) is 5.79. The summed E-state index contributed by atoms with van der Waals surface area (Å²) in [5.74, 6) is 0.345. The van der Waals surface area contributed by atoms with Crippen LogP contribution in [-0.4, -0.2) is 47.8 Å². The van der Waals surface area contributed by atoms with Crippen LogP contribution in [0.1, 0.15) is 42.5 Å². The van der Waals surface area contributed by atoms with Gasteiger partial charge in [0.1, 0.15) is 0 Å². The molecule has 1 aromatic rings. The van der Waals surface area contributed by atoms with E-state index in [1.54, 1.807) is 30.1 Å². The molecule has 1 saturated carbocycles. The van der Waals surface area contributed by atoms with Gasteiger partial charge in [-0.25, -0.2) is 0 Å². The summed E-state index contributed by atoms with van der Waals surface area (Å²) in [7, 11) is 1.77. The fraction of sp³-hybridized carbons (Fsp3) is 0.556. The van der Waals surface area contributed by atoms with Crippen LogP contribution in [0.25, 0.3) is 0 Å². The average Bonchev–Trinajstić information content (AvgIpc) is 3.18. The zero-order chi connectivity index (χ0) is 17.3. The van der Waals surface area contributed by atoms with Crippen LogP contribution in [0.5, 0.6) is 0 Å². The third kappa shape index (κ3) is 3.70. The van der Waals surface area contributed by atoms with E-state index in [-0.39, 0.29) is 17.7 Å². The van der Waals surface area contributed by atoms with Crippen molar-refractivity contribution in [1.29, 1.82) is 0 Å². The molecule has 1 aromatic carbocycles. The summed E-state index contributed by atoms with van der Waals surface area (Å²) in [5.41, 5.74) is 0.517. The maximum absolute atomic E-state index is 12.5. The van der Waals surface area contributed by atoms with Crippen molar-refractivity contribution in [3.63, 3.8) is 0 Å². The molecule has 1 atom stereocenters. The molecular formula is C18H22Cl2N2O2. The number of carbonyl (C=O) groups is 2. The van der Waals surface area contributed by atoms with Gasteiger partial charge in [0.05, 0.1) is 10.0 Å². The van der Waals surface area contributed by atoms with Crippen LogP contribution in [0, 0.1) is 5.92 Å². The Morgan fingerprint density at radius 2 is 1.96 bits per heavy atom. The molecule has 24 heavy (non-hydrogen) atoms. The van der Waals surface area contributed by atoms with E-state index in [4.69, 9.17) is 23.2 Å². The van der Waals surface area contributed by atoms with Crippen LogP contribution in [0.15, 0.2) is 18.2 Å². The second-order valence-corrected chi connectivity index (χ2v) is 7.68. The van der Waals surface area contributed by atoms with Crippen molar-refractivity contribution in [2.24, 2.45) is 5.92 Å². The largest absolute Gasteiger partial charge is 0.341 e. The molecule has 3 rings (SSSR count). The van der Waals surface area contributed by atoms with Crippen molar-refractivity contribution in [3.8, 4) is 0 Å². The van der Waals surface area contributed by atoms with E-state index in [2.05, 4.69) is 0 Å². The molecule has 1 aliphatic carbocycles. The van der Waals surface area contributed by atoms with Gasteiger partial charge < -0.3 is 9.80 Å². The van der Waals surface area contributed by atoms with Gasteiger partial charge in [-0.2, -0.15) is 0 Å². The summed E-state index contributed by atoms with van der Waals surface area (Å²) >= 11 is 11.9. The molecule has 0 unspecified atom stereocenters. The highest BCUT2D eigenvalue weighted by atomic mass is 35.5. The summed E-state index contributed by atoms with van der Waals surface area (Å²) in [4.78, 5) is 28.5. The summed E-state index contributed by atoms with van der Waals surface area (Å²) in [6, 6.07) is 5.32. The van der Waals surface area contributed by atoms with Gasteiger partial charge in [-0.15, -0.1) is 0 Å². The zero-order valence-corrected chi connectivity index (χ0v) is 15.3. The van der Waals surface area contributed by atoms with Crippen LogP contribution in [0.3, 0.4) is 0 Å². The number of amides is 2. The van der Waals surface area contributed by atoms with Crippen molar-refractivity contribution in [2.75, 3.05) is 20.1 Å². The van der Waals surface area contributed by atoms with E-state index < -0.39 is 0 Å². The first-order valence-corrected chi connectivity index (χ1v) is 9.21. The fourth-order valence-electron chi connectivity index (χ4n) is 3.82. The van der Waals surface area contributed by atoms with Crippen LogP contribution in [0.2, 0.25) is 10.0 Å². The van der Waals surface area contributed by atoms with Crippen molar-refractivity contribution in [3.05, 3.63) is 33.8 Å². The number of likely N-dealkylation sites (tertiary alicyclic amines) is 1. The Hall–Kier alpha value is -1.26. The van der Waals surface area contributed by atoms with Gasteiger partial charge in [0.15, 0.2) is 0 Å². The molecule has 0 bridgehead atoms. The number of carbonyl (C=O) groups excluding carboxylic acids is 2. The van der Waals surface area contributed by atoms with Crippen LogP contribution < -0.4 is 0 Å². The number of rotatable bonds is 4. The first kappa shape index (κ1) is 17.6. The van der Waals surface area contributed by atoms with E-state index in [0.29, 0.717) is 34.6 Å². The molecule has 2 amide bonds. The Morgan fingerprint density at radius 3 is 2.62 bits per heavy atom. The number of hydrogen-bond acceptors (Lipinski definition) is 2. The van der Waals surface area contributed by atoms with Gasteiger partial charge in [0.2, 0.25) is 5.91 Å². The lowest BCUT2D eigenvalue weighted by Gasteiger charge is -2.25. The number of nitrogens with zero attached hydrogens (tertiary/aromatic N) is 2. The summed E-state index contributed by atoms with van der Waals surface area (Å²) in [5, 5.41) is 0.809. The lowest BCUT2D eigenvalue weighted by molar-refractivity contribution is -0.129. The maximum Gasteiger partial charge on any atom is 0.253 e. The Labute approximate surface area is 152 Å². The lowest BCUT2D eigenvalue weighted by Crippen LogP contribution is -2.36. The molecule has 4 nitrogen and oxygen atoms in total. The quantitative estimate of drug-likeness (QED) is 0.809. The van der Waals surface area contributed by atoms with Gasteiger partial charge in [-0.1, -0.05) is 36.0 Å². The molecule has 0 N–H and O–H groups in total. The number of halogens is 2. The molecule has 6 heteroatoms. The summed E-state index contributed by atoms with van der Waals surface area (Å²) in [6.07, 6.45) is 5.21. The molecule has 0 aromatic heterocycles. The minimum absolute atomic E-state index is 0.0969. The highest BCUT2D eigenvalue weighted by Crippen LogP contribution is 2.30. The minimum Gasteiger partial charge on any atom is -0.341 e. The van der Waals surface area contributed by atoms with Gasteiger partial charge >= 0.3 is 0 Å². The molecule has 2 fully saturated rings. The molecular weight excluding hydrogens is 347 g/mol. The standard InChI is InChI=1S/C18H22Cl2N2O2/c1-21(18(24)13-6-7-15(19)16(20)9-13)10-12-8-17(23)22(11-12)14-4-2-3-5-14/h6-7,9,12,14H,2-5,8,10-11H2,1H3/t12-/m0/s1. The molecule has 0 spiro atoms. The van der Waals surface area contributed by atoms with Crippen molar-refractivity contribution < 1.29 is 9.59 Å². The second kappa shape index (κ2) is 7.32. The van der Waals surface area contributed by atoms with Crippen LogP contribution in [-0.2, 0) is 4.79 Å². The van der Waals surface area contributed by atoms with Gasteiger partial charge in [-0.05, 0) is 31.0 Å². The van der Waals surface area contributed by atoms with Crippen LogP contribution in [0.4, 0.5) is 0 Å². The first-order chi connectivity index (χ1) is 11.5. The zero-order valence-electron chi connectivity index (χ0n) is 13.8. The van der Waals surface area contributed by atoms with E-state index in [1.807, 2.05) is 4.90 Å². The van der Waals surface area contributed by atoms with Crippen LogP contribution >= 0.6 is 23.2 Å². The Kier molecular flexibility index (Phi) is 5.36. The highest BCUT2D eigenvalue weighted by Gasteiger charge is 2.36. The topological polar surface area (TPSA) is 40.6 Å². The predicted molar refractivity (Wildman–Crippen MR) is 95.5 cm³/mol. The monoisotopic (exact) mass is 368 g/mol. The van der Waals surface area contributed by atoms with E-state index >= 15 is 0 Å². The Bertz CT molecular complexity index is 644. The fourth-order valence-corrected chi connectivity index (χ4v) is 4.12. The second-order valence-electron chi connectivity index (χ2n) is 6.87. The van der Waals surface area contributed by atoms with Crippen molar-refractivity contribution >= 4 is 35.0 Å². The lowest BCUT2D eigenvalue weighted by atomic mass is 10.1. The van der Waals surface area contributed by atoms with E-state index in [9.17, 15) is 9.59 Å². The molecule has 2 aliphatic rings. The molecule has 1 aliphatic heterocycles. The van der Waals surface area contributed by atoms with E-state index in [0.717, 1.165) is 19.4 Å². The molecule has 1 saturated heterocycles. The third-order valence-electron chi connectivity index (χ3n) is 5.05. The smallest absolute Gasteiger partial charge is 0.253 e. The molecule has 0 radical (unpaired) electrons. The average molecular weight is 369 g/mol. The number of benzene rings is 1.